The van der Waals surface area contributed by atoms with Crippen LogP contribution in [0.25, 0.3) is 0 Å². The second-order valence-corrected chi connectivity index (χ2v) is 5.39. The molecular formula is C18H20N2O4. The second kappa shape index (κ2) is 8.10. The van der Waals surface area contributed by atoms with Crippen LogP contribution in [0.3, 0.4) is 0 Å². The minimum Gasteiger partial charge on any atom is -0.468 e. The number of anilines is 1. The molecule has 6 heteroatoms. The van der Waals surface area contributed by atoms with Crippen molar-refractivity contribution in [1.29, 1.82) is 0 Å². The molecule has 0 fully saturated rings. The van der Waals surface area contributed by atoms with Crippen LogP contribution < -0.4 is 10.9 Å². The number of rotatable bonds is 6. The van der Waals surface area contributed by atoms with Gasteiger partial charge in [0, 0.05) is 12.1 Å². The molecule has 0 aliphatic rings. The van der Waals surface area contributed by atoms with Gasteiger partial charge in [-0.15, -0.1) is 0 Å². The summed E-state index contributed by atoms with van der Waals surface area (Å²) in [5.74, 6) is -0.767. The lowest BCUT2D eigenvalue weighted by Crippen LogP contribution is -2.30. The van der Waals surface area contributed by atoms with Gasteiger partial charge in [-0.1, -0.05) is 30.3 Å². The molecule has 1 aromatic carbocycles. The summed E-state index contributed by atoms with van der Waals surface area (Å²) in [4.78, 5) is 35.9. The second-order valence-electron chi connectivity index (χ2n) is 5.39. The van der Waals surface area contributed by atoms with Gasteiger partial charge in [-0.2, -0.15) is 0 Å². The zero-order chi connectivity index (χ0) is 17.5. The maximum Gasteiger partial charge on any atom is 0.325 e. The molecule has 6 nitrogen and oxygen atoms in total. The van der Waals surface area contributed by atoms with Crippen LogP contribution in [0.5, 0.6) is 0 Å². The van der Waals surface area contributed by atoms with Gasteiger partial charge >= 0.3 is 5.97 Å². The monoisotopic (exact) mass is 328 g/mol. The minimum atomic E-state index is -0.521. The van der Waals surface area contributed by atoms with Gasteiger partial charge < -0.3 is 10.1 Å². The molecule has 0 saturated carbocycles. The molecule has 1 amide bonds. The normalized spacial score (nSPS) is 10.2. The number of pyridine rings is 1. The minimum absolute atomic E-state index is 0.155. The van der Waals surface area contributed by atoms with Crippen molar-refractivity contribution in [3.8, 4) is 0 Å². The molecule has 0 spiro atoms. The maximum absolute atomic E-state index is 12.4. The summed E-state index contributed by atoms with van der Waals surface area (Å²) in [6.45, 7) is 1.53. The number of hydrogen-bond donors (Lipinski definition) is 1. The van der Waals surface area contributed by atoms with E-state index in [0.717, 1.165) is 5.56 Å². The molecule has 24 heavy (non-hydrogen) atoms. The molecule has 0 atom stereocenters. The van der Waals surface area contributed by atoms with E-state index in [1.54, 1.807) is 19.1 Å². The number of hydrogen-bond acceptors (Lipinski definition) is 4. The Labute approximate surface area is 140 Å². The van der Waals surface area contributed by atoms with Crippen molar-refractivity contribution >= 4 is 17.6 Å². The zero-order valence-corrected chi connectivity index (χ0v) is 13.7. The highest BCUT2D eigenvalue weighted by atomic mass is 16.5. The third-order valence-corrected chi connectivity index (χ3v) is 3.67. The summed E-state index contributed by atoms with van der Waals surface area (Å²) in [6.07, 6.45) is 0.864. The van der Waals surface area contributed by atoms with Crippen molar-refractivity contribution in [1.82, 2.24) is 4.57 Å². The van der Waals surface area contributed by atoms with Gasteiger partial charge in [-0.3, -0.25) is 19.0 Å². The first-order valence-electron chi connectivity index (χ1n) is 7.62. The van der Waals surface area contributed by atoms with Crippen molar-refractivity contribution in [3.05, 3.63) is 64.1 Å². The molecule has 1 aromatic heterocycles. The van der Waals surface area contributed by atoms with E-state index in [4.69, 9.17) is 0 Å². The largest absolute Gasteiger partial charge is 0.468 e. The van der Waals surface area contributed by atoms with Crippen molar-refractivity contribution < 1.29 is 14.3 Å². The lowest BCUT2D eigenvalue weighted by atomic mass is 10.1. The Balaban J connectivity index is 2.06. The molecule has 1 heterocycles. The number of methoxy groups -OCH3 is 1. The molecule has 0 bridgehead atoms. The number of aromatic nitrogens is 1. The third kappa shape index (κ3) is 4.55. The predicted octanol–water partition coefficient (Wildman–Crippen LogP) is 1.90. The zero-order valence-electron chi connectivity index (χ0n) is 13.7. The highest BCUT2D eigenvalue weighted by Crippen LogP contribution is 2.07. The van der Waals surface area contributed by atoms with Crippen molar-refractivity contribution in [2.45, 2.75) is 26.3 Å². The number of nitrogens with zero attached hydrogens (tertiary/aromatic N) is 1. The summed E-state index contributed by atoms with van der Waals surface area (Å²) in [5.41, 5.74) is 1.41. The molecular weight excluding hydrogens is 308 g/mol. The van der Waals surface area contributed by atoms with Gasteiger partial charge in [-0.25, -0.2) is 0 Å². The van der Waals surface area contributed by atoms with Crippen LogP contribution in [0.15, 0.2) is 47.3 Å². The average Bonchev–Trinajstić information content (AvgIpc) is 2.60. The van der Waals surface area contributed by atoms with Gasteiger partial charge in [-0.05, 0) is 31.0 Å². The van der Waals surface area contributed by atoms with E-state index in [1.165, 1.54) is 11.7 Å². The summed E-state index contributed by atoms with van der Waals surface area (Å²) < 4.78 is 5.86. The molecule has 2 rings (SSSR count). The first-order valence-corrected chi connectivity index (χ1v) is 7.62. The smallest absolute Gasteiger partial charge is 0.325 e. The number of nitrogens with one attached hydrogen (secondary N) is 1. The molecule has 0 saturated heterocycles. The standard InChI is InChI=1S/C18H20N2O4/c1-13-8-10-15(18(23)20(13)12-17(22)24-2)19-16(21)11-9-14-6-4-3-5-7-14/h3-8,10H,9,11-12H2,1-2H3,(H,19,21). The SMILES string of the molecule is COC(=O)Cn1c(C)ccc(NC(=O)CCc2ccccc2)c1=O. The Kier molecular flexibility index (Phi) is 5.89. The molecule has 1 N–H and O–H groups in total. The van der Waals surface area contributed by atoms with Crippen LogP contribution in [-0.2, 0) is 27.3 Å². The highest BCUT2D eigenvalue weighted by molar-refractivity contribution is 5.90. The fourth-order valence-electron chi connectivity index (χ4n) is 2.27. The van der Waals surface area contributed by atoms with Gasteiger partial charge in [0.1, 0.15) is 12.2 Å². The van der Waals surface area contributed by atoms with Crippen molar-refractivity contribution in [2.75, 3.05) is 12.4 Å². The molecule has 0 radical (unpaired) electrons. The van der Waals surface area contributed by atoms with Crippen LogP contribution in [0.1, 0.15) is 17.7 Å². The third-order valence-electron chi connectivity index (χ3n) is 3.67. The Hall–Kier alpha value is -2.89. The van der Waals surface area contributed by atoms with E-state index in [-0.39, 0.29) is 24.6 Å². The Morgan fingerprint density at radius 3 is 2.50 bits per heavy atom. The van der Waals surface area contributed by atoms with Gasteiger partial charge in [0.15, 0.2) is 0 Å². The van der Waals surface area contributed by atoms with Crippen molar-refractivity contribution in [2.24, 2.45) is 0 Å². The van der Waals surface area contributed by atoms with Crippen molar-refractivity contribution in [3.63, 3.8) is 0 Å². The number of amides is 1. The highest BCUT2D eigenvalue weighted by Gasteiger charge is 2.12. The predicted molar refractivity (Wildman–Crippen MR) is 90.8 cm³/mol. The van der Waals surface area contributed by atoms with Crippen LogP contribution in [0.4, 0.5) is 5.69 Å². The van der Waals surface area contributed by atoms with Gasteiger partial charge in [0.25, 0.3) is 5.56 Å². The molecule has 0 aliphatic heterocycles. The van der Waals surface area contributed by atoms with E-state index < -0.39 is 11.5 Å². The fourth-order valence-corrected chi connectivity index (χ4v) is 2.27. The first-order chi connectivity index (χ1) is 11.5. The van der Waals surface area contributed by atoms with Crippen LogP contribution in [0.2, 0.25) is 0 Å². The lowest BCUT2D eigenvalue weighted by molar-refractivity contribution is -0.141. The molecule has 0 aliphatic carbocycles. The van der Waals surface area contributed by atoms with Gasteiger partial charge in [0.2, 0.25) is 5.91 Å². The van der Waals surface area contributed by atoms with E-state index in [9.17, 15) is 14.4 Å². The summed E-state index contributed by atoms with van der Waals surface area (Å²) in [5, 5.41) is 2.61. The van der Waals surface area contributed by atoms with E-state index in [2.05, 4.69) is 10.1 Å². The van der Waals surface area contributed by atoms with E-state index in [1.807, 2.05) is 30.3 Å². The number of carbonyl (C=O) groups is 2. The van der Waals surface area contributed by atoms with E-state index in [0.29, 0.717) is 12.1 Å². The van der Waals surface area contributed by atoms with E-state index >= 15 is 0 Å². The first kappa shape index (κ1) is 17.5. The number of esters is 1. The fraction of sp³-hybridized carbons (Fsp3) is 0.278. The summed E-state index contributed by atoms with van der Waals surface area (Å²) in [6, 6.07) is 12.9. The average molecular weight is 328 g/mol. The number of carbonyl (C=O) groups excluding carboxylic acids is 2. The van der Waals surface area contributed by atoms with Crippen LogP contribution in [-0.4, -0.2) is 23.6 Å². The lowest BCUT2D eigenvalue weighted by Gasteiger charge is -2.11. The molecule has 126 valence electrons. The quantitative estimate of drug-likeness (QED) is 0.822. The summed E-state index contributed by atoms with van der Waals surface area (Å²) >= 11 is 0. The summed E-state index contributed by atoms with van der Waals surface area (Å²) in [7, 11) is 1.26. The topological polar surface area (TPSA) is 77.4 Å². The Morgan fingerprint density at radius 2 is 1.83 bits per heavy atom. The number of benzene rings is 1. The number of aryl methyl sites for hydroxylation is 2. The van der Waals surface area contributed by atoms with Crippen LogP contribution in [0, 0.1) is 6.92 Å². The Morgan fingerprint density at radius 1 is 1.12 bits per heavy atom. The maximum atomic E-state index is 12.4. The Bertz CT molecular complexity index is 781. The van der Waals surface area contributed by atoms with Gasteiger partial charge in [0.05, 0.1) is 7.11 Å². The van der Waals surface area contributed by atoms with Crippen LogP contribution >= 0.6 is 0 Å². The molecule has 2 aromatic rings. The molecule has 0 unspecified atom stereocenters. The number of ether oxygens (including phenoxy) is 1.